The number of carboxylic acid groups (broad SMARTS) is 1. The number of pyridine rings is 1. The molecule has 0 bridgehead atoms. The second kappa shape index (κ2) is 12.5. The molecule has 0 radical (unpaired) electrons. The molecule has 0 spiro atoms. The van der Waals surface area contributed by atoms with Crippen LogP contribution < -0.4 is 4.74 Å². The molecule has 1 N–H and O–H groups in total. The molecule has 2 unspecified atom stereocenters. The number of likely N-dealkylation sites (tertiary alicyclic amines) is 1. The van der Waals surface area contributed by atoms with Gasteiger partial charge in [0.15, 0.2) is 0 Å². The van der Waals surface area contributed by atoms with Crippen LogP contribution in [-0.4, -0.2) is 53.5 Å². The second-order valence-electron chi connectivity index (χ2n) is 9.49. The second-order valence-corrected chi connectivity index (χ2v) is 9.49. The Morgan fingerprint density at radius 3 is 2.55 bits per heavy atom. The molecule has 7 heteroatoms. The molecule has 38 heavy (non-hydrogen) atoms. The molecule has 2 heterocycles. The van der Waals surface area contributed by atoms with Crippen molar-refractivity contribution in [3.05, 3.63) is 108 Å². The van der Waals surface area contributed by atoms with E-state index in [4.69, 9.17) is 14.2 Å². The van der Waals surface area contributed by atoms with Crippen molar-refractivity contribution in [2.45, 2.75) is 31.7 Å². The molecule has 0 saturated carbocycles. The smallest absolute Gasteiger partial charge is 0.407 e. The average Bonchev–Trinajstić information content (AvgIpc) is 2.96. The van der Waals surface area contributed by atoms with Gasteiger partial charge in [-0.3, -0.25) is 4.98 Å². The maximum absolute atomic E-state index is 11.7. The Labute approximate surface area is 222 Å². The number of hydrogen-bond acceptors (Lipinski definition) is 5. The van der Waals surface area contributed by atoms with Gasteiger partial charge in [-0.05, 0) is 58.1 Å². The largest absolute Gasteiger partial charge is 0.491 e. The lowest BCUT2D eigenvalue weighted by Gasteiger charge is -2.37. The number of ether oxygens (including phenoxy) is 3. The lowest BCUT2D eigenvalue weighted by Crippen LogP contribution is -2.46. The van der Waals surface area contributed by atoms with Crippen LogP contribution in [0, 0.1) is 0 Å². The Kier molecular flexibility index (Phi) is 8.48. The van der Waals surface area contributed by atoms with Crippen molar-refractivity contribution >= 4 is 16.9 Å². The quantitative estimate of drug-likeness (QED) is 0.267. The normalized spacial score (nSPS) is 17.4. The first-order valence-electron chi connectivity index (χ1n) is 12.9. The van der Waals surface area contributed by atoms with E-state index in [9.17, 15) is 9.90 Å². The molecule has 1 fully saturated rings. The average molecular weight is 513 g/mol. The van der Waals surface area contributed by atoms with Crippen LogP contribution in [0.2, 0.25) is 0 Å². The topological polar surface area (TPSA) is 81.1 Å². The maximum Gasteiger partial charge on any atom is 0.407 e. The van der Waals surface area contributed by atoms with Crippen LogP contribution in [0.15, 0.2) is 91.3 Å². The molecule has 5 rings (SSSR count). The van der Waals surface area contributed by atoms with Crippen LogP contribution in [0.25, 0.3) is 10.8 Å². The fourth-order valence-electron chi connectivity index (χ4n) is 4.88. The Balaban J connectivity index is 1.17. The Morgan fingerprint density at radius 2 is 1.76 bits per heavy atom. The summed E-state index contributed by atoms with van der Waals surface area (Å²) in [5, 5.41) is 11.9. The maximum atomic E-state index is 11.7. The third-order valence-corrected chi connectivity index (χ3v) is 6.90. The van der Waals surface area contributed by atoms with Gasteiger partial charge in [0, 0.05) is 24.9 Å². The molecule has 1 aliphatic heterocycles. The molecule has 1 aliphatic rings. The predicted octanol–water partition coefficient (Wildman–Crippen LogP) is 5.88. The van der Waals surface area contributed by atoms with E-state index in [2.05, 4.69) is 47.4 Å². The van der Waals surface area contributed by atoms with Crippen molar-refractivity contribution in [2.75, 3.05) is 26.3 Å². The molecule has 1 amide bonds. The summed E-state index contributed by atoms with van der Waals surface area (Å²) < 4.78 is 17.9. The van der Waals surface area contributed by atoms with E-state index < -0.39 is 6.09 Å². The van der Waals surface area contributed by atoms with E-state index in [0.717, 1.165) is 22.4 Å². The number of aromatic nitrogens is 1. The van der Waals surface area contributed by atoms with Gasteiger partial charge >= 0.3 is 6.09 Å². The van der Waals surface area contributed by atoms with Crippen molar-refractivity contribution in [1.29, 1.82) is 0 Å². The summed E-state index contributed by atoms with van der Waals surface area (Å²) >= 11 is 0. The fraction of sp³-hybridized carbons (Fsp3) is 0.290. The number of benzene rings is 3. The highest BCUT2D eigenvalue weighted by Gasteiger charge is 2.33. The molecular weight excluding hydrogens is 480 g/mol. The summed E-state index contributed by atoms with van der Waals surface area (Å²) in [5.41, 5.74) is 3.23. The van der Waals surface area contributed by atoms with Gasteiger partial charge in [0.1, 0.15) is 12.4 Å². The predicted molar refractivity (Wildman–Crippen MR) is 145 cm³/mol. The van der Waals surface area contributed by atoms with E-state index in [1.54, 1.807) is 12.4 Å². The minimum absolute atomic E-state index is 0.0999. The highest BCUT2D eigenvalue weighted by atomic mass is 16.5. The summed E-state index contributed by atoms with van der Waals surface area (Å²) in [5.74, 6) is 0.873. The van der Waals surface area contributed by atoms with Crippen LogP contribution in [0.4, 0.5) is 4.79 Å². The summed E-state index contributed by atoms with van der Waals surface area (Å²) in [6.07, 6.45) is 3.10. The summed E-state index contributed by atoms with van der Waals surface area (Å²) in [4.78, 5) is 17.2. The lowest BCUT2D eigenvalue weighted by molar-refractivity contribution is -0.0199. The third kappa shape index (κ3) is 6.68. The molecule has 0 aliphatic carbocycles. The van der Waals surface area contributed by atoms with Crippen molar-refractivity contribution in [3.63, 3.8) is 0 Å². The Hall–Kier alpha value is -3.94. The van der Waals surface area contributed by atoms with Crippen LogP contribution in [0.3, 0.4) is 0 Å². The molecule has 7 nitrogen and oxygen atoms in total. The SMILES string of the molecule is O=C(O)N1CCC(c2ccc(OCCOCc3cccnc3)cc2)C(OCc2ccc3ccccc3c2)C1. The van der Waals surface area contributed by atoms with Gasteiger partial charge in [0.25, 0.3) is 0 Å². The van der Waals surface area contributed by atoms with Gasteiger partial charge < -0.3 is 24.2 Å². The number of rotatable bonds is 10. The molecule has 2 atom stereocenters. The number of fused-ring (bicyclic) bond motifs is 1. The zero-order valence-corrected chi connectivity index (χ0v) is 21.2. The third-order valence-electron chi connectivity index (χ3n) is 6.90. The fourth-order valence-corrected chi connectivity index (χ4v) is 4.88. The van der Waals surface area contributed by atoms with Gasteiger partial charge in [-0.15, -0.1) is 0 Å². The van der Waals surface area contributed by atoms with Gasteiger partial charge in [0.05, 0.1) is 32.5 Å². The van der Waals surface area contributed by atoms with Crippen LogP contribution in [0.5, 0.6) is 5.75 Å². The first-order chi connectivity index (χ1) is 18.7. The number of carbonyl (C=O) groups is 1. The van der Waals surface area contributed by atoms with Crippen molar-refractivity contribution in [1.82, 2.24) is 9.88 Å². The highest BCUT2D eigenvalue weighted by Crippen LogP contribution is 2.32. The lowest BCUT2D eigenvalue weighted by atomic mass is 9.87. The summed E-state index contributed by atoms with van der Waals surface area (Å²) in [6, 6.07) is 26.4. The minimum atomic E-state index is -0.905. The van der Waals surface area contributed by atoms with Gasteiger partial charge in [0.2, 0.25) is 0 Å². The number of hydrogen-bond donors (Lipinski definition) is 1. The van der Waals surface area contributed by atoms with E-state index in [0.29, 0.717) is 45.9 Å². The zero-order chi connectivity index (χ0) is 26.2. The van der Waals surface area contributed by atoms with Crippen molar-refractivity contribution in [2.24, 2.45) is 0 Å². The van der Waals surface area contributed by atoms with Gasteiger partial charge in [-0.25, -0.2) is 4.79 Å². The molecule has 3 aromatic carbocycles. The summed E-state index contributed by atoms with van der Waals surface area (Å²) in [7, 11) is 0. The van der Waals surface area contributed by atoms with E-state index in [-0.39, 0.29) is 12.0 Å². The number of piperidine rings is 1. The molecule has 196 valence electrons. The summed E-state index contributed by atoms with van der Waals surface area (Å²) in [6.45, 7) is 2.71. The van der Waals surface area contributed by atoms with E-state index >= 15 is 0 Å². The Morgan fingerprint density at radius 1 is 0.921 bits per heavy atom. The van der Waals surface area contributed by atoms with E-state index in [1.807, 2.05) is 36.4 Å². The Bertz CT molecular complexity index is 1330. The molecule has 1 aromatic heterocycles. The van der Waals surface area contributed by atoms with Crippen molar-refractivity contribution in [3.8, 4) is 5.75 Å². The molecular formula is C31H32N2O5. The molecule has 4 aromatic rings. The highest BCUT2D eigenvalue weighted by molar-refractivity contribution is 5.82. The minimum Gasteiger partial charge on any atom is -0.491 e. The van der Waals surface area contributed by atoms with Crippen molar-refractivity contribution < 1.29 is 24.1 Å². The van der Waals surface area contributed by atoms with Gasteiger partial charge in [-0.1, -0.05) is 54.6 Å². The first-order valence-corrected chi connectivity index (χ1v) is 12.9. The van der Waals surface area contributed by atoms with Gasteiger partial charge in [-0.2, -0.15) is 0 Å². The first kappa shape index (κ1) is 25.7. The van der Waals surface area contributed by atoms with Crippen LogP contribution in [-0.2, 0) is 22.7 Å². The number of amides is 1. The monoisotopic (exact) mass is 512 g/mol. The zero-order valence-electron chi connectivity index (χ0n) is 21.2. The van der Waals surface area contributed by atoms with Crippen LogP contribution in [0.1, 0.15) is 29.0 Å². The number of nitrogens with zero attached hydrogens (tertiary/aromatic N) is 2. The van der Waals surface area contributed by atoms with E-state index in [1.165, 1.54) is 15.7 Å². The molecule has 1 saturated heterocycles. The standard InChI is InChI=1S/C31H32N2O5/c34-31(35)33-15-13-29(30(20-33)38-22-23-7-8-25-5-1-2-6-27(25)18-23)26-9-11-28(12-10-26)37-17-16-36-21-24-4-3-14-32-19-24/h1-12,14,18-19,29-30H,13,15-17,20-22H2,(H,34,35). The van der Waals surface area contributed by atoms with Crippen LogP contribution >= 0.6 is 0 Å².